The molecular formula is C10H20N2O4S. The van der Waals surface area contributed by atoms with Crippen molar-refractivity contribution in [3.05, 3.63) is 0 Å². The summed E-state index contributed by atoms with van der Waals surface area (Å²) in [5.74, 6) is -0.680. The molecule has 1 fully saturated rings. The van der Waals surface area contributed by atoms with Crippen LogP contribution in [0, 0.1) is 0 Å². The minimum Gasteiger partial charge on any atom is -0.469 e. The number of hydrogen-bond acceptors (Lipinski definition) is 5. The number of methoxy groups -OCH3 is 1. The summed E-state index contributed by atoms with van der Waals surface area (Å²) in [6.07, 6.45) is -0.0934. The Bertz CT molecular complexity index is 369. The fourth-order valence-corrected chi connectivity index (χ4v) is 3.54. The Morgan fingerprint density at radius 3 is 2.71 bits per heavy atom. The highest BCUT2D eigenvalue weighted by Gasteiger charge is 2.32. The van der Waals surface area contributed by atoms with Crippen molar-refractivity contribution in [2.24, 2.45) is 0 Å². The molecule has 0 bridgehead atoms. The Hall–Kier alpha value is -0.660. The Balaban J connectivity index is 2.65. The van der Waals surface area contributed by atoms with Crippen LogP contribution < -0.4 is 5.32 Å². The van der Waals surface area contributed by atoms with Gasteiger partial charge in [-0.2, -0.15) is 4.31 Å². The Morgan fingerprint density at radius 2 is 2.12 bits per heavy atom. The van der Waals surface area contributed by atoms with E-state index >= 15 is 0 Å². The molecule has 1 saturated heterocycles. The summed E-state index contributed by atoms with van der Waals surface area (Å²) in [6.45, 7) is 4.88. The van der Waals surface area contributed by atoms with Crippen LogP contribution >= 0.6 is 0 Å². The number of ether oxygens (including phenoxy) is 1. The minimum absolute atomic E-state index is 0.0751. The molecule has 2 atom stereocenters. The molecule has 0 radical (unpaired) electrons. The van der Waals surface area contributed by atoms with Crippen LogP contribution in [0.5, 0.6) is 0 Å². The average molecular weight is 264 g/mol. The van der Waals surface area contributed by atoms with E-state index in [4.69, 9.17) is 0 Å². The smallest absolute Gasteiger partial charge is 0.306 e. The number of nitrogens with one attached hydrogen (secondary N) is 1. The molecule has 0 aromatic heterocycles. The Morgan fingerprint density at radius 1 is 1.47 bits per heavy atom. The van der Waals surface area contributed by atoms with Crippen molar-refractivity contribution in [3.8, 4) is 0 Å². The van der Waals surface area contributed by atoms with E-state index in [1.165, 1.54) is 11.4 Å². The Kier molecular flexibility index (Phi) is 4.91. The molecule has 0 aromatic rings. The zero-order valence-electron chi connectivity index (χ0n) is 10.5. The maximum Gasteiger partial charge on any atom is 0.306 e. The highest BCUT2D eigenvalue weighted by atomic mass is 32.2. The molecule has 0 aromatic carbocycles. The average Bonchev–Trinajstić information content (AvgIpc) is 2.29. The lowest BCUT2D eigenvalue weighted by Crippen LogP contribution is -2.56. The summed E-state index contributed by atoms with van der Waals surface area (Å²) in [5.41, 5.74) is 0. The van der Waals surface area contributed by atoms with Crippen molar-refractivity contribution in [1.29, 1.82) is 0 Å². The fourth-order valence-electron chi connectivity index (χ4n) is 1.81. The third-order valence-electron chi connectivity index (χ3n) is 2.86. The summed E-state index contributed by atoms with van der Waals surface area (Å²) in [4.78, 5) is 11.0. The van der Waals surface area contributed by atoms with Crippen LogP contribution in [0.2, 0.25) is 0 Å². The van der Waals surface area contributed by atoms with Gasteiger partial charge in [-0.05, 0) is 13.8 Å². The molecule has 1 heterocycles. The molecule has 0 saturated carbocycles. The lowest BCUT2D eigenvalue weighted by Gasteiger charge is -2.36. The number of hydrogen-bond donors (Lipinski definition) is 1. The third kappa shape index (κ3) is 3.93. The van der Waals surface area contributed by atoms with Crippen molar-refractivity contribution in [2.75, 3.05) is 26.0 Å². The first-order valence-electron chi connectivity index (χ1n) is 5.66. The maximum atomic E-state index is 12.1. The first-order valence-corrected chi connectivity index (χ1v) is 7.27. The number of rotatable bonds is 4. The van der Waals surface area contributed by atoms with Gasteiger partial charge in [-0.1, -0.05) is 0 Å². The molecule has 0 aliphatic carbocycles. The summed E-state index contributed by atoms with van der Waals surface area (Å²) in [7, 11) is -2.12. The summed E-state index contributed by atoms with van der Waals surface area (Å²) >= 11 is 0. The lowest BCUT2D eigenvalue weighted by molar-refractivity contribution is -0.140. The lowest BCUT2D eigenvalue weighted by atomic mass is 10.2. The monoisotopic (exact) mass is 264 g/mol. The molecule has 0 amide bonds. The van der Waals surface area contributed by atoms with Gasteiger partial charge in [0.15, 0.2) is 0 Å². The van der Waals surface area contributed by atoms with Crippen LogP contribution in [0.25, 0.3) is 0 Å². The van der Waals surface area contributed by atoms with Crippen molar-refractivity contribution in [3.63, 3.8) is 0 Å². The van der Waals surface area contributed by atoms with Gasteiger partial charge < -0.3 is 10.1 Å². The standard InChI is InChI=1S/C10H20N2O4S/c1-8-7-12(9(2)6-11-8)17(14,15)5-4-10(13)16-3/h8-9,11H,4-7H2,1-3H3. The van der Waals surface area contributed by atoms with Crippen LogP contribution in [0.4, 0.5) is 0 Å². The molecule has 2 unspecified atom stereocenters. The predicted molar refractivity (Wildman–Crippen MR) is 64.1 cm³/mol. The molecular weight excluding hydrogens is 244 g/mol. The number of carbonyl (C=O) groups is 1. The first kappa shape index (κ1) is 14.4. The van der Waals surface area contributed by atoms with Gasteiger partial charge in [0.2, 0.25) is 10.0 Å². The largest absolute Gasteiger partial charge is 0.469 e. The van der Waals surface area contributed by atoms with Crippen LogP contribution in [-0.4, -0.2) is 56.7 Å². The zero-order chi connectivity index (χ0) is 13.1. The van der Waals surface area contributed by atoms with E-state index in [-0.39, 0.29) is 24.3 Å². The van der Waals surface area contributed by atoms with Crippen LogP contribution in [0.3, 0.4) is 0 Å². The zero-order valence-corrected chi connectivity index (χ0v) is 11.3. The molecule has 6 nitrogen and oxygen atoms in total. The minimum atomic E-state index is -3.38. The van der Waals surface area contributed by atoms with Gasteiger partial charge in [-0.25, -0.2) is 8.42 Å². The fraction of sp³-hybridized carbons (Fsp3) is 0.900. The van der Waals surface area contributed by atoms with Gasteiger partial charge in [0.05, 0.1) is 19.3 Å². The number of sulfonamides is 1. The van der Waals surface area contributed by atoms with Gasteiger partial charge in [0, 0.05) is 25.2 Å². The molecule has 0 spiro atoms. The molecule has 17 heavy (non-hydrogen) atoms. The van der Waals surface area contributed by atoms with E-state index in [1.807, 2.05) is 13.8 Å². The van der Waals surface area contributed by atoms with E-state index < -0.39 is 16.0 Å². The second-order valence-electron chi connectivity index (χ2n) is 4.37. The van der Waals surface area contributed by atoms with Crippen LogP contribution in [0.1, 0.15) is 20.3 Å². The van der Waals surface area contributed by atoms with E-state index in [0.29, 0.717) is 13.1 Å². The van der Waals surface area contributed by atoms with Gasteiger partial charge in [0.1, 0.15) is 0 Å². The summed E-state index contributed by atoms with van der Waals surface area (Å²) in [6, 6.07) is 0.0629. The molecule has 1 N–H and O–H groups in total. The van der Waals surface area contributed by atoms with E-state index in [1.54, 1.807) is 0 Å². The van der Waals surface area contributed by atoms with Crippen LogP contribution in [-0.2, 0) is 19.6 Å². The number of esters is 1. The summed E-state index contributed by atoms with van der Waals surface area (Å²) in [5, 5.41) is 3.21. The normalized spacial score (nSPS) is 26.8. The van der Waals surface area contributed by atoms with Crippen molar-refractivity contribution in [1.82, 2.24) is 9.62 Å². The van der Waals surface area contributed by atoms with Crippen molar-refractivity contribution >= 4 is 16.0 Å². The maximum absolute atomic E-state index is 12.1. The first-order chi connectivity index (χ1) is 7.86. The quantitative estimate of drug-likeness (QED) is 0.697. The number of carbonyl (C=O) groups excluding carboxylic acids is 1. The third-order valence-corrected chi connectivity index (χ3v) is 4.80. The second-order valence-corrected chi connectivity index (χ2v) is 6.41. The van der Waals surface area contributed by atoms with Gasteiger partial charge >= 0.3 is 5.97 Å². The van der Waals surface area contributed by atoms with Gasteiger partial charge in [0.25, 0.3) is 0 Å². The van der Waals surface area contributed by atoms with Crippen LogP contribution in [0.15, 0.2) is 0 Å². The number of piperazine rings is 1. The molecule has 100 valence electrons. The van der Waals surface area contributed by atoms with Gasteiger partial charge in [-0.3, -0.25) is 4.79 Å². The van der Waals surface area contributed by atoms with Gasteiger partial charge in [-0.15, -0.1) is 0 Å². The second kappa shape index (κ2) is 5.79. The van der Waals surface area contributed by atoms with E-state index in [2.05, 4.69) is 10.1 Å². The Labute approximate surface area is 102 Å². The highest BCUT2D eigenvalue weighted by molar-refractivity contribution is 7.89. The highest BCUT2D eigenvalue weighted by Crippen LogP contribution is 2.13. The molecule has 1 rings (SSSR count). The SMILES string of the molecule is COC(=O)CCS(=O)(=O)N1CC(C)NCC1C. The van der Waals surface area contributed by atoms with E-state index in [0.717, 1.165) is 0 Å². The predicted octanol–water partition coefficient (Wildman–Crippen LogP) is -0.438. The topological polar surface area (TPSA) is 75.7 Å². The van der Waals surface area contributed by atoms with E-state index in [9.17, 15) is 13.2 Å². The van der Waals surface area contributed by atoms with Crippen molar-refractivity contribution < 1.29 is 17.9 Å². The molecule has 1 aliphatic heterocycles. The summed E-state index contributed by atoms with van der Waals surface area (Å²) < 4.78 is 30.0. The number of nitrogens with zero attached hydrogens (tertiary/aromatic N) is 1. The molecule has 7 heteroatoms. The van der Waals surface area contributed by atoms with Crippen molar-refractivity contribution in [2.45, 2.75) is 32.4 Å². The molecule has 1 aliphatic rings.